The topological polar surface area (TPSA) is 112 Å². The molecule has 3 aromatic carbocycles. The van der Waals surface area contributed by atoms with Crippen LogP contribution < -0.4 is 10.1 Å². The highest BCUT2D eigenvalue weighted by Crippen LogP contribution is 2.29. The second-order valence-corrected chi connectivity index (χ2v) is 8.62. The molecule has 0 spiro atoms. The van der Waals surface area contributed by atoms with E-state index in [4.69, 9.17) is 4.74 Å². The molecule has 1 N–H and O–H groups in total. The summed E-state index contributed by atoms with van der Waals surface area (Å²) in [7, 11) is 0. The second-order valence-electron chi connectivity index (χ2n) is 7.31. The molecule has 0 aliphatic rings. The predicted molar refractivity (Wildman–Crippen MR) is 129 cm³/mol. The summed E-state index contributed by atoms with van der Waals surface area (Å²) in [5.74, 6) is -0.431. The number of rotatable bonds is 9. The van der Waals surface area contributed by atoms with Crippen molar-refractivity contribution in [2.75, 3.05) is 5.32 Å². The Morgan fingerprint density at radius 3 is 2.51 bits per heavy atom. The molecule has 0 saturated carbocycles. The molecule has 1 aromatic heterocycles. The average molecular weight is 494 g/mol. The van der Waals surface area contributed by atoms with Crippen molar-refractivity contribution in [1.29, 1.82) is 0 Å². The van der Waals surface area contributed by atoms with Crippen LogP contribution in [-0.4, -0.2) is 30.8 Å². The van der Waals surface area contributed by atoms with Gasteiger partial charge in [0, 0.05) is 11.8 Å². The third-order valence-corrected chi connectivity index (χ3v) is 5.96. The smallest absolute Gasteiger partial charge is 0.292 e. The van der Waals surface area contributed by atoms with Gasteiger partial charge in [-0.05, 0) is 37.3 Å². The zero-order valence-corrected chi connectivity index (χ0v) is 19.3. The van der Waals surface area contributed by atoms with Gasteiger partial charge in [0.1, 0.15) is 12.3 Å². The Bertz CT molecular complexity index is 1350. The average Bonchev–Trinajstić information content (AvgIpc) is 3.26. The first-order chi connectivity index (χ1) is 16.9. The number of benzene rings is 3. The lowest BCUT2D eigenvalue weighted by molar-refractivity contribution is -0.383. The summed E-state index contributed by atoms with van der Waals surface area (Å²) in [6, 6.07) is 21.2. The summed E-state index contributed by atoms with van der Waals surface area (Å²) < 4.78 is 21.3. The van der Waals surface area contributed by atoms with Gasteiger partial charge < -0.3 is 10.1 Å². The third-order valence-electron chi connectivity index (χ3n) is 4.92. The number of ether oxygens (including phenoxy) is 1. The van der Waals surface area contributed by atoms with Crippen LogP contribution in [0.15, 0.2) is 84.0 Å². The van der Waals surface area contributed by atoms with Crippen molar-refractivity contribution in [2.45, 2.75) is 23.9 Å². The summed E-state index contributed by atoms with van der Waals surface area (Å²) in [6.45, 7) is 1.61. The molecule has 4 rings (SSSR count). The van der Waals surface area contributed by atoms with E-state index in [-0.39, 0.29) is 23.7 Å². The molecule has 1 unspecified atom stereocenters. The van der Waals surface area contributed by atoms with Crippen LogP contribution in [0.3, 0.4) is 0 Å². The van der Waals surface area contributed by atoms with Crippen LogP contribution in [0.5, 0.6) is 5.75 Å². The number of hydrogen-bond donors (Lipinski definition) is 1. The number of carbonyl (C=O) groups is 1. The van der Waals surface area contributed by atoms with Gasteiger partial charge >= 0.3 is 0 Å². The van der Waals surface area contributed by atoms with E-state index in [9.17, 15) is 19.3 Å². The first kappa shape index (κ1) is 23.9. The summed E-state index contributed by atoms with van der Waals surface area (Å²) >= 11 is 1.13. The molecule has 0 aliphatic heterocycles. The van der Waals surface area contributed by atoms with E-state index in [0.29, 0.717) is 11.0 Å². The quantitative estimate of drug-likeness (QED) is 0.198. The standard InChI is InChI=1S/C24H20FN5O4S/c1-16(23(31)26-19-12-6-7-13-20(19)30(32)33)35-24-28-27-22(29(24)17-9-3-2-4-10-17)15-34-21-14-8-5-11-18(21)25/h2-14,16H,15H2,1H3,(H,26,31). The minimum Gasteiger partial charge on any atom is -0.483 e. The lowest BCUT2D eigenvalue weighted by atomic mass is 10.2. The summed E-state index contributed by atoms with van der Waals surface area (Å²) in [6.07, 6.45) is 0. The maximum absolute atomic E-state index is 14.0. The molecule has 1 amide bonds. The van der Waals surface area contributed by atoms with Gasteiger partial charge in [-0.2, -0.15) is 0 Å². The number of amides is 1. The Morgan fingerprint density at radius 1 is 1.09 bits per heavy atom. The minimum atomic E-state index is -0.665. The van der Waals surface area contributed by atoms with Crippen LogP contribution in [0.25, 0.3) is 5.69 Å². The lowest BCUT2D eigenvalue weighted by Crippen LogP contribution is -2.23. The Morgan fingerprint density at radius 2 is 1.77 bits per heavy atom. The van der Waals surface area contributed by atoms with Crippen LogP contribution in [0.2, 0.25) is 0 Å². The number of para-hydroxylation sites is 4. The predicted octanol–water partition coefficient (Wildman–Crippen LogP) is 5.01. The molecule has 35 heavy (non-hydrogen) atoms. The van der Waals surface area contributed by atoms with Crippen molar-refractivity contribution in [2.24, 2.45) is 0 Å². The Labute approximate surface area is 204 Å². The molecule has 4 aromatic rings. The Kier molecular flexibility index (Phi) is 7.36. The van der Waals surface area contributed by atoms with Crippen LogP contribution in [-0.2, 0) is 11.4 Å². The number of halogens is 1. The van der Waals surface area contributed by atoms with Gasteiger partial charge in [-0.3, -0.25) is 19.5 Å². The van der Waals surface area contributed by atoms with E-state index in [1.54, 1.807) is 29.7 Å². The fraction of sp³-hybridized carbons (Fsp3) is 0.125. The molecule has 0 saturated heterocycles. The highest BCUT2D eigenvalue weighted by atomic mass is 32.2. The van der Waals surface area contributed by atoms with Gasteiger partial charge in [-0.1, -0.05) is 54.2 Å². The van der Waals surface area contributed by atoms with Crippen molar-refractivity contribution in [3.63, 3.8) is 0 Å². The fourth-order valence-electron chi connectivity index (χ4n) is 3.20. The number of hydrogen-bond acceptors (Lipinski definition) is 7. The molecular formula is C24H20FN5O4S. The van der Waals surface area contributed by atoms with Gasteiger partial charge in [-0.15, -0.1) is 10.2 Å². The molecule has 9 nitrogen and oxygen atoms in total. The second kappa shape index (κ2) is 10.8. The van der Waals surface area contributed by atoms with Crippen molar-refractivity contribution in [1.82, 2.24) is 14.8 Å². The number of anilines is 1. The molecule has 0 radical (unpaired) electrons. The monoisotopic (exact) mass is 493 g/mol. The van der Waals surface area contributed by atoms with E-state index in [0.717, 1.165) is 17.4 Å². The molecule has 11 heteroatoms. The minimum absolute atomic E-state index is 0.0554. The Hall–Kier alpha value is -4.25. The summed E-state index contributed by atoms with van der Waals surface area (Å²) in [5.41, 5.74) is 0.648. The van der Waals surface area contributed by atoms with Crippen molar-refractivity contribution >= 4 is 29.0 Å². The SMILES string of the molecule is CC(Sc1nnc(COc2ccccc2F)n1-c1ccccc1)C(=O)Nc1ccccc1[N+](=O)[O-]. The number of nitro groups is 1. The van der Waals surface area contributed by atoms with Crippen LogP contribution >= 0.6 is 11.8 Å². The van der Waals surface area contributed by atoms with E-state index >= 15 is 0 Å². The highest BCUT2D eigenvalue weighted by molar-refractivity contribution is 8.00. The maximum Gasteiger partial charge on any atom is 0.292 e. The van der Waals surface area contributed by atoms with Gasteiger partial charge in [0.05, 0.1) is 10.2 Å². The highest BCUT2D eigenvalue weighted by Gasteiger charge is 2.23. The zero-order valence-electron chi connectivity index (χ0n) is 18.5. The van der Waals surface area contributed by atoms with E-state index in [1.165, 1.54) is 30.3 Å². The number of thioether (sulfide) groups is 1. The van der Waals surface area contributed by atoms with Gasteiger partial charge in [0.2, 0.25) is 5.91 Å². The van der Waals surface area contributed by atoms with Gasteiger partial charge in [0.25, 0.3) is 5.69 Å². The van der Waals surface area contributed by atoms with Crippen LogP contribution in [0, 0.1) is 15.9 Å². The Balaban J connectivity index is 1.56. The van der Waals surface area contributed by atoms with Crippen molar-refractivity contribution < 1.29 is 18.8 Å². The molecule has 0 bridgehead atoms. The first-order valence-electron chi connectivity index (χ1n) is 10.5. The maximum atomic E-state index is 14.0. The van der Waals surface area contributed by atoms with E-state index < -0.39 is 21.9 Å². The number of nitrogens with zero attached hydrogens (tertiary/aromatic N) is 4. The lowest BCUT2D eigenvalue weighted by Gasteiger charge is -2.14. The van der Waals surface area contributed by atoms with Crippen molar-refractivity contribution in [3.05, 3.63) is 101 Å². The molecule has 1 heterocycles. The van der Waals surface area contributed by atoms with E-state index in [1.807, 2.05) is 30.3 Å². The molecule has 0 aliphatic carbocycles. The zero-order chi connectivity index (χ0) is 24.8. The molecule has 178 valence electrons. The third kappa shape index (κ3) is 5.64. The molecule has 1 atom stereocenters. The number of nitro benzene ring substituents is 1. The van der Waals surface area contributed by atoms with Crippen molar-refractivity contribution in [3.8, 4) is 11.4 Å². The first-order valence-corrected chi connectivity index (χ1v) is 11.4. The fourth-order valence-corrected chi connectivity index (χ4v) is 4.08. The van der Waals surface area contributed by atoms with E-state index in [2.05, 4.69) is 15.5 Å². The van der Waals surface area contributed by atoms with Gasteiger partial charge in [0.15, 0.2) is 22.5 Å². The largest absolute Gasteiger partial charge is 0.483 e. The van der Waals surface area contributed by atoms with Crippen LogP contribution in [0.4, 0.5) is 15.8 Å². The summed E-state index contributed by atoms with van der Waals surface area (Å²) in [5, 5.41) is 22.0. The van der Waals surface area contributed by atoms with Gasteiger partial charge in [-0.25, -0.2) is 4.39 Å². The molecular weight excluding hydrogens is 473 g/mol. The van der Waals surface area contributed by atoms with Crippen LogP contribution in [0.1, 0.15) is 12.7 Å². The number of nitrogens with one attached hydrogen (secondary N) is 1. The molecule has 0 fully saturated rings. The number of aromatic nitrogens is 3. The number of carbonyl (C=O) groups excluding carboxylic acids is 1. The normalized spacial score (nSPS) is 11.6. The summed E-state index contributed by atoms with van der Waals surface area (Å²) in [4.78, 5) is 23.5.